The van der Waals surface area contributed by atoms with Gasteiger partial charge in [0.05, 0.1) is 12.7 Å². The van der Waals surface area contributed by atoms with Gasteiger partial charge < -0.3 is 15.8 Å². The number of thiophene rings is 1. The van der Waals surface area contributed by atoms with Crippen LogP contribution in [0.2, 0.25) is 0 Å². The Kier molecular flexibility index (Phi) is 4.68. The predicted molar refractivity (Wildman–Crippen MR) is 83.8 cm³/mol. The minimum Gasteiger partial charge on any atom is -0.465 e. The zero-order valence-electron chi connectivity index (χ0n) is 12.7. The van der Waals surface area contributed by atoms with Crippen LogP contribution in [0.5, 0.6) is 0 Å². The van der Waals surface area contributed by atoms with E-state index in [1.54, 1.807) is 0 Å². The molecular weight excluding hydrogens is 288 g/mol. The lowest BCUT2D eigenvalue weighted by molar-refractivity contribution is -0.117. The third-order valence-electron chi connectivity index (χ3n) is 4.14. The zero-order chi connectivity index (χ0) is 15.6. The van der Waals surface area contributed by atoms with E-state index >= 15 is 0 Å². The number of hydrogen-bond donors (Lipinski definition) is 2. The molecule has 0 atom stereocenters. The number of rotatable bonds is 4. The SMILES string of the molecule is COC(=O)c1c(NC(=O)CC2(N)CCCC2)sc(C)c1C. The molecule has 0 unspecified atom stereocenters. The van der Waals surface area contributed by atoms with E-state index in [2.05, 4.69) is 5.32 Å². The summed E-state index contributed by atoms with van der Waals surface area (Å²) in [7, 11) is 1.34. The molecule has 21 heavy (non-hydrogen) atoms. The minimum absolute atomic E-state index is 0.134. The molecular formula is C15H22N2O3S. The number of aryl methyl sites for hydroxylation is 1. The Labute approximate surface area is 128 Å². The molecule has 3 N–H and O–H groups in total. The van der Waals surface area contributed by atoms with Gasteiger partial charge in [0.2, 0.25) is 5.91 Å². The highest BCUT2D eigenvalue weighted by atomic mass is 32.1. The van der Waals surface area contributed by atoms with Gasteiger partial charge in [0.15, 0.2) is 0 Å². The van der Waals surface area contributed by atoms with Gasteiger partial charge in [-0.05, 0) is 32.3 Å². The molecule has 1 saturated carbocycles. The van der Waals surface area contributed by atoms with Gasteiger partial charge in [-0.2, -0.15) is 0 Å². The summed E-state index contributed by atoms with van der Waals surface area (Å²) in [6.07, 6.45) is 4.21. The lowest BCUT2D eigenvalue weighted by Crippen LogP contribution is -2.40. The van der Waals surface area contributed by atoms with Gasteiger partial charge in [-0.25, -0.2) is 4.79 Å². The van der Waals surface area contributed by atoms with Gasteiger partial charge in [-0.1, -0.05) is 12.8 Å². The molecule has 1 heterocycles. The number of ether oxygens (including phenoxy) is 1. The Hall–Kier alpha value is -1.40. The van der Waals surface area contributed by atoms with Crippen molar-refractivity contribution >= 4 is 28.2 Å². The predicted octanol–water partition coefficient (Wildman–Crippen LogP) is 2.75. The van der Waals surface area contributed by atoms with Crippen LogP contribution in [0.3, 0.4) is 0 Å². The molecule has 1 aliphatic rings. The second-order valence-electron chi connectivity index (χ2n) is 5.77. The largest absolute Gasteiger partial charge is 0.465 e. The quantitative estimate of drug-likeness (QED) is 0.838. The Balaban J connectivity index is 2.14. The second kappa shape index (κ2) is 6.15. The Morgan fingerprint density at radius 3 is 2.52 bits per heavy atom. The number of anilines is 1. The van der Waals surface area contributed by atoms with Gasteiger partial charge in [0.1, 0.15) is 5.00 Å². The molecule has 1 aromatic heterocycles. The fraction of sp³-hybridized carbons (Fsp3) is 0.600. The molecule has 116 valence electrons. The molecule has 1 aromatic rings. The van der Waals surface area contributed by atoms with Crippen molar-refractivity contribution in [3.8, 4) is 0 Å². The van der Waals surface area contributed by atoms with Crippen molar-refractivity contribution < 1.29 is 14.3 Å². The maximum absolute atomic E-state index is 12.2. The highest BCUT2D eigenvalue weighted by molar-refractivity contribution is 7.16. The summed E-state index contributed by atoms with van der Waals surface area (Å²) in [5, 5.41) is 3.40. The van der Waals surface area contributed by atoms with Gasteiger partial charge >= 0.3 is 5.97 Å². The Morgan fingerprint density at radius 1 is 1.33 bits per heavy atom. The molecule has 0 spiro atoms. The molecule has 6 heteroatoms. The van der Waals surface area contributed by atoms with Gasteiger partial charge in [-0.15, -0.1) is 11.3 Å². The van der Waals surface area contributed by atoms with E-state index < -0.39 is 11.5 Å². The fourth-order valence-electron chi connectivity index (χ4n) is 2.81. The van der Waals surface area contributed by atoms with E-state index in [1.807, 2.05) is 13.8 Å². The molecule has 0 aromatic carbocycles. The van der Waals surface area contributed by atoms with Crippen LogP contribution < -0.4 is 11.1 Å². The van der Waals surface area contributed by atoms with Crippen molar-refractivity contribution in [1.82, 2.24) is 0 Å². The summed E-state index contributed by atoms with van der Waals surface area (Å²) in [6, 6.07) is 0. The fourth-order valence-corrected chi connectivity index (χ4v) is 3.87. The first-order valence-corrected chi connectivity index (χ1v) is 7.95. The number of carbonyl (C=O) groups excluding carboxylic acids is 2. The van der Waals surface area contributed by atoms with E-state index in [0.717, 1.165) is 36.1 Å². The first-order chi connectivity index (χ1) is 9.86. The van der Waals surface area contributed by atoms with E-state index in [0.29, 0.717) is 17.0 Å². The molecule has 5 nitrogen and oxygen atoms in total. The number of carbonyl (C=O) groups is 2. The summed E-state index contributed by atoms with van der Waals surface area (Å²) in [4.78, 5) is 25.1. The van der Waals surface area contributed by atoms with Crippen LogP contribution in [0, 0.1) is 13.8 Å². The number of esters is 1. The third kappa shape index (κ3) is 3.44. The number of nitrogens with one attached hydrogen (secondary N) is 1. The molecule has 1 aliphatic carbocycles. The van der Waals surface area contributed by atoms with Gasteiger partial charge in [0, 0.05) is 16.8 Å². The standard InChI is InChI=1S/C15H22N2O3S/c1-9-10(2)21-13(12(9)14(19)20-3)17-11(18)8-15(16)6-4-5-7-15/h4-8,16H2,1-3H3,(H,17,18). The first kappa shape index (κ1) is 16.0. The normalized spacial score (nSPS) is 16.8. The summed E-state index contributed by atoms with van der Waals surface area (Å²) >= 11 is 1.40. The summed E-state index contributed by atoms with van der Waals surface area (Å²) < 4.78 is 4.80. The molecule has 0 saturated heterocycles. The van der Waals surface area contributed by atoms with Crippen molar-refractivity contribution in [2.45, 2.75) is 51.5 Å². The third-order valence-corrected chi connectivity index (χ3v) is 5.26. The summed E-state index contributed by atoms with van der Waals surface area (Å²) in [5.41, 5.74) is 7.13. The molecule has 0 radical (unpaired) electrons. The molecule has 2 rings (SSSR count). The van der Waals surface area contributed by atoms with Crippen LogP contribution in [0.4, 0.5) is 5.00 Å². The second-order valence-corrected chi connectivity index (χ2v) is 7.00. The molecule has 1 amide bonds. The topological polar surface area (TPSA) is 81.4 Å². The van der Waals surface area contributed by atoms with Crippen LogP contribution in [0.15, 0.2) is 0 Å². The van der Waals surface area contributed by atoms with Crippen LogP contribution in [0.25, 0.3) is 0 Å². The monoisotopic (exact) mass is 310 g/mol. The maximum atomic E-state index is 12.2. The zero-order valence-corrected chi connectivity index (χ0v) is 13.6. The minimum atomic E-state index is -0.421. The van der Waals surface area contributed by atoms with Crippen LogP contribution in [-0.2, 0) is 9.53 Å². The Morgan fingerprint density at radius 2 is 1.95 bits per heavy atom. The number of nitrogens with two attached hydrogens (primary N) is 1. The summed E-state index contributed by atoms with van der Waals surface area (Å²) in [6.45, 7) is 3.78. The van der Waals surface area contributed by atoms with E-state index in [1.165, 1.54) is 18.4 Å². The highest BCUT2D eigenvalue weighted by Crippen LogP contribution is 2.34. The van der Waals surface area contributed by atoms with Crippen LogP contribution in [0.1, 0.15) is 52.9 Å². The highest BCUT2D eigenvalue weighted by Gasteiger charge is 2.32. The van der Waals surface area contributed by atoms with E-state index in [4.69, 9.17) is 10.5 Å². The van der Waals surface area contributed by atoms with Gasteiger partial charge in [-0.3, -0.25) is 4.79 Å². The maximum Gasteiger partial charge on any atom is 0.341 e. The number of methoxy groups -OCH3 is 1. The van der Waals surface area contributed by atoms with Crippen molar-refractivity contribution in [3.05, 3.63) is 16.0 Å². The first-order valence-electron chi connectivity index (χ1n) is 7.13. The number of hydrogen-bond acceptors (Lipinski definition) is 5. The summed E-state index contributed by atoms with van der Waals surface area (Å²) in [5.74, 6) is -0.554. The Bertz CT molecular complexity index is 560. The van der Waals surface area contributed by atoms with Crippen LogP contribution >= 0.6 is 11.3 Å². The van der Waals surface area contributed by atoms with Crippen molar-refractivity contribution in [2.75, 3.05) is 12.4 Å². The van der Waals surface area contributed by atoms with E-state index in [-0.39, 0.29) is 5.91 Å². The van der Waals surface area contributed by atoms with Crippen molar-refractivity contribution in [1.29, 1.82) is 0 Å². The number of amides is 1. The van der Waals surface area contributed by atoms with Crippen LogP contribution in [-0.4, -0.2) is 24.5 Å². The lowest BCUT2D eigenvalue weighted by atomic mass is 9.94. The average molecular weight is 310 g/mol. The molecule has 1 fully saturated rings. The lowest BCUT2D eigenvalue weighted by Gasteiger charge is -2.22. The van der Waals surface area contributed by atoms with Crippen molar-refractivity contribution in [2.24, 2.45) is 5.73 Å². The molecule has 0 aliphatic heterocycles. The van der Waals surface area contributed by atoms with Gasteiger partial charge in [0.25, 0.3) is 0 Å². The smallest absolute Gasteiger partial charge is 0.341 e. The van der Waals surface area contributed by atoms with E-state index in [9.17, 15) is 9.59 Å². The average Bonchev–Trinajstić information content (AvgIpc) is 2.94. The van der Waals surface area contributed by atoms with Crippen molar-refractivity contribution in [3.63, 3.8) is 0 Å². The molecule has 0 bridgehead atoms.